The van der Waals surface area contributed by atoms with Crippen molar-refractivity contribution in [2.24, 2.45) is 7.05 Å². The number of imidazole rings is 1. The smallest absolute Gasteiger partial charge is 0.256 e. The van der Waals surface area contributed by atoms with Crippen molar-refractivity contribution in [2.45, 2.75) is 13.3 Å². The molecule has 9 nitrogen and oxygen atoms in total. The Kier molecular flexibility index (Phi) is 5.68. The van der Waals surface area contributed by atoms with E-state index in [1.165, 1.54) is 0 Å². The standard InChI is InChI=1S/C23H21N7O2/c1-4-14-9-16(11-24)25-12-18(14)27-20-10-19-21(26-13-30(19)2)22(28-20)29-23(31)15-5-7-17(32-3)8-6-15/h5-10,12-13H,4H2,1-3H3,(H2,27,28,29,31). The first-order chi connectivity index (χ1) is 15.5. The van der Waals surface area contributed by atoms with E-state index in [0.717, 1.165) is 16.8 Å². The maximum absolute atomic E-state index is 12.8. The summed E-state index contributed by atoms with van der Waals surface area (Å²) in [6, 6.07) is 12.5. The highest BCUT2D eigenvalue weighted by Gasteiger charge is 2.15. The molecule has 3 aromatic heterocycles. The predicted octanol–water partition coefficient (Wildman–Crippen LogP) is 3.80. The topological polar surface area (TPSA) is 118 Å². The Labute approximate surface area is 184 Å². The second kappa shape index (κ2) is 8.73. The van der Waals surface area contributed by atoms with Crippen LogP contribution in [0.4, 0.5) is 17.3 Å². The number of nitrogens with one attached hydrogen (secondary N) is 2. The minimum atomic E-state index is -0.307. The highest BCUT2D eigenvalue weighted by Crippen LogP contribution is 2.27. The van der Waals surface area contributed by atoms with Crippen LogP contribution in [-0.2, 0) is 13.5 Å². The van der Waals surface area contributed by atoms with Crippen molar-refractivity contribution in [1.82, 2.24) is 19.5 Å². The van der Waals surface area contributed by atoms with Gasteiger partial charge >= 0.3 is 0 Å². The molecule has 32 heavy (non-hydrogen) atoms. The molecule has 0 aliphatic rings. The third kappa shape index (κ3) is 4.06. The van der Waals surface area contributed by atoms with Crippen LogP contribution in [0, 0.1) is 11.3 Å². The number of carbonyl (C=O) groups excluding carboxylic acids is 1. The summed E-state index contributed by atoms with van der Waals surface area (Å²) in [6.45, 7) is 2.00. The average Bonchev–Trinajstić information content (AvgIpc) is 3.20. The molecule has 0 unspecified atom stereocenters. The second-order valence-corrected chi connectivity index (χ2v) is 7.08. The molecule has 3 heterocycles. The van der Waals surface area contributed by atoms with Crippen molar-refractivity contribution in [3.63, 3.8) is 0 Å². The summed E-state index contributed by atoms with van der Waals surface area (Å²) >= 11 is 0. The second-order valence-electron chi connectivity index (χ2n) is 7.08. The number of fused-ring (bicyclic) bond motifs is 1. The number of anilines is 3. The molecule has 2 N–H and O–H groups in total. The Morgan fingerprint density at radius 2 is 2.00 bits per heavy atom. The summed E-state index contributed by atoms with van der Waals surface area (Å²) in [7, 11) is 3.44. The van der Waals surface area contributed by atoms with Gasteiger partial charge < -0.3 is 19.9 Å². The van der Waals surface area contributed by atoms with Crippen molar-refractivity contribution >= 4 is 34.3 Å². The van der Waals surface area contributed by atoms with E-state index in [2.05, 4.69) is 31.7 Å². The molecule has 0 fully saturated rings. The summed E-state index contributed by atoms with van der Waals surface area (Å²) in [5.74, 6) is 1.22. The summed E-state index contributed by atoms with van der Waals surface area (Å²) in [5, 5.41) is 15.2. The molecule has 0 saturated heterocycles. The number of methoxy groups -OCH3 is 1. The van der Waals surface area contributed by atoms with Crippen molar-refractivity contribution in [3.8, 4) is 11.8 Å². The maximum atomic E-state index is 12.8. The molecule has 0 spiro atoms. The van der Waals surface area contributed by atoms with Gasteiger partial charge in [-0.15, -0.1) is 0 Å². The van der Waals surface area contributed by atoms with Gasteiger partial charge in [-0.3, -0.25) is 4.79 Å². The van der Waals surface area contributed by atoms with Crippen molar-refractivity contribution < 1.29 is 9.53 Å². The lowest BCUT2D eigenvalue weighted by molar-refractivity contribution is 0.102. The Morgan fingerprint density at radius 1 is 1.22 bits per heavy atom. The molecule has 4 rings (SSSR count). The first kappa shape index (κ1) is 20.8. The van der Waals surface area contributed by atoms with E-state index >= 15 is 0 Å². The van der Waals surface area contributed by atoms with Crippen molar-refractivity contribution in [1.29, 1.82) is 5.26 Å². The van der Waals surface area contributed by atoms with E-state index in [0.29, 0.717) is 40.6 Å². The highest BCUT2D eigenvalue weighted by molar-refractivity contribution is 6.07. The summed E-state index contributed by atoms with van der Waals surface area (Å²) < 4.78 is 7.00. The van der Waals surface area contributed by atoms with E-state index in [4.69, 9.17) is 10.00 Å². The van der Waals surface area contributed by atoms with Crippen molar-refractivity contribution in [2.75, 3.05) is 17.7 Å². The Hall–Kier alpha value is -4.45. The fourth-order valence-corrected chi connectivity index (χ4v) is 3.30. The zero-order valence-electron chi connectivity index (χ0n) is 17.9. The summed E-state index contributed by atoms with van der Waals surface area (Å²) in [6.07, 6.45) is 4.00. The zero-order valence-corrected chi connectivity index (χ0v) is 17.9. The number of hydrogen-bond acceptors (Lipinski definition) is 7. The number of amides is 1. The van der Waals surface area contributed by atoms with Crippen LogP contribution in [0.3, 0.4) is 0 Å². The van der Waals surface area contributed by atoms with Crippen LogP contribution in [0.1, 0.15) is 28.5 Å². The number of aromatic nitrogens is 4. The van der Waals surface area contributed by atoms with Crippen LogP contribution in [-0.4, -0.2) is 32.5 Å². The SMILES string of the molecule is CCc1cc(C#N)ncc1Nc1cc2c(ncn2C)c(NC(=O)c2ccc(OC)cc2)n1. The Morgan fingerprint density at radius 3 is 2.69 bits per heavy atom. The predicted molar refractivity (Wildman–Crippen MR) is 121 cm³/mol. The zero-order chi connectivity index (χ0) is 22.7. The molecule has 1 aromatic carbocycles. The lowest BCUT2D eigenvalue weighted by Crippen LogP contribution is -2.14. The van der Waals surface area contributed by atoms with E-state index in [-0.39, 0.29) is 5.91 Å². The van der Waals surface area contributed by atoms with E-state index < -0.39 is 0 Å². The summed E-state index contributed by atoms with van der Waals surface area (Å²) in [5.41, 5.74) is 3.88. The molecule has 0 radical (unpaired) electrons. The molecule has 0 saturated carbocycles. The van der Waals surface area contributed by atoms with Crippen LogP contribution in [0.5, 0.6) is 5.75 Å². The number of aryl methyl sites for hydroxylation is 2. The maximum Gasteiger partial charge on any atom is 0.256 e. The number of nitrogens with zero attached hydrogens (tertiary/aromatic N) is 5. The van der Waals surface area contributed by atoms with Crippen LogP contribution in [0.15, 0.2) is 48.9 Å². The Balaban J connectivity index is 1.69. The number of rotatable bonds is 6. The number of carbonyl (C=O) groups is 1. The number of pyridine rings is 2. The van der Waals surface area contributed by atoms with Gasteiger partial charge in [0, 0.05) is 18.7 Å². The van der Waals surface area contributed by atoms with Crippen LogP contribution in [0.2, 0.25) is 0 Å². The third-order valence-corrected chi connectivity index (χ3v) is 5.04. The highest BCUT2D eigenvalue weighted by atomic mass is 16.5. The van der Waals surface area contributed by atoms with Gasteiger partial charge in [0.2, 0.25) is 0 Å². The molecule has 160 valence electrons. The van der Waals surface area contributed by atoms with Gasteiger partial charge in [-0.2, -0.15) is 5.26 Å². The van der Waals surface area contributed by atoms with Gasteiger partial charge in [-0.1, -0.05) is 6.92 Å². The molecule has 0 aliphatic heterocycles. The van der Waals surface area contributed by atoms with Crippen LogP contribution < -0.4 is 15.4 Å². The lowest BCUT2D eigenvalue weighted by atomic mass is 10.1. The quantitative estimate of drug-likeness (QED) is 0.480. The van der Waals surface area contributed by atoms with E-state index in [9.17, 15) is 4.79 Å². The normalized spacial score (nSPS) is 10.6. The van der Waals surface area contributed by atoms with E-state index in [1.54, 1.807) is 50.0 Å². The van der Waals surface area contributed by atoms with Crippen LogP contribution in [0.25, 0.3) is 11.0 Å². The van der Waals surface area contributed by atoms with Gasteiger partial charge in [-0.25, -0.2) is 15.0 Å². The van der Waals surface area contributed by atoms with Gasteiger partial charge in [0.25, 0.3) is 5.91 Å². The molecule has 1 amide bonds. The molecule has 0 atom stereocenters. The number of ether oxygens (including phenoxy) is 1. The Bertz CT molecular complexity index is 1340. The fourth-order valence-electron chi connectivity index (χ4n) is 3.30. The van der Waals surface area contributed by atoms with Gasteiger partial charge in [-0.05, 0) is 42.3 Å². The minimum absolute atomic E-state index is 0.307. The molecule has 4 aromatic rings. The molecular formula is C23H21N7O2. The van der Waals surface area contributed by atoms with Gasteiger partial charge in [0.05, 0.1) is 30.8 Å². The number of benzene rings is 1. The summed E-state index contributed by atoms with van der Waals surface area (Å²) in [4.78, 5) is 25.9. The van der Waals surface area contributed by atoms with Crippen LogP contribution >= 0.6 is 0 Å². The molecule has 9 heteroatoms. The third-order valence-electron chi connectivity index (χ3n) is 5.04. The number of nitriles is 1. The van der Waals surface area contributed by atoms with Gasteiger partial charge in [0.15, 0.2) is 5.82 Å². The number of hydrogen-bond donors (Lipinski definition) is 2. The monoisotopic (exact) mass is 427 g/mol. The molecule has 0 aliphatic carbocycles. The fraction of sp³-hybridized carbons (Fsp3) is 0.174. The first-order valence-electron chi connectivity index (χ1n) is 9.96. The largest absolute Gasteiger partial charge is 0.497 e. The van der Waals surface area contributed by atoms with Gasteiger partial charge in [0.1, 0.15) is 28.8 Å². The van der Waals surface area contributed by atoms with E-state index in [1.807, 2.05) is 24.6 Å². The van der Waals surface area contributed by atoms with Crippen molar-refractivity contribution in [3.05, 3.63) is 65.7 Å². The first-order valence-corrected chi connectivity index (χ1v) is 9.96. The molecule has 0 bridgehead atoms. The lowest BCUT2D eigenvalue weighted by Gasteiger charge is -2.13. The molecular weight excluding hydrogens is 406 g/mol. The average molecular weight is 427 g/mol. The minimum Gasteiger partial charge on any atom is -0.497 e.